The predicted molar refractivity (Wildman–Crippen MR) is 71.9 cm³/mol. The van der Waals surface area contributed by atoms with Gasteiger partial charge in [0.1, 0.15) is 5.54 Å². The molecule has 4 nitrogen and oxygen atoms in total. The smallest absolute Gasteiger partial charge is 0.235 e. The lowest BCUT2D eigenvalue weighted by molar-refractivity contribution is -0.123. The van der Waals surface area contributed by atoms with E-state index in [0.717, 1.165) is 13.1 Å². The molecular formula is C14H25N3O. The number of carbonyl (C=O) groups excluding carboxylic acids is 1. The Hall–Kier alpha value is -1.08. The molecular weight excluding hydrogens is 226 g/mol. The number of nitrogens with one attached hydrogen (secondary N) is 1. The minimum absolute atomic E-state index is 0.0327. The zero-order valence-electron chi connectivity index (χ0n) is 11.8. The third-order valence-corrected chi connectivity index (χ3v) is 3.85. The summed E-state index contributed by atoms with van der Waals surface area (Å²) in [6, 6.07) is 2.21. The summed E-state index contributed by atoms with van der Waals surface area (Å²) in [5.74, 6) is 0.0743. The number of rotatable bonds is 4. The van der Waals surface area contributed by atoms with E-state index in [1.807, 2.05) is 13.8 Å². The lowest BCUT2D eigenvalue weighted by Crippen LogP contribution is -2.51. The molecule has 1 fully saturated rings. The van der Waals surface area contributed by atoms with Gasteiger partial charge < -0.3 is 5.32 Å². The largest absolute Gasteiger partial charge is 0.337 e. The van der Waals surface area contributed by atoms with Crippen molar-refractivity contribution in [3.8, 4) is 6.07 Å². The maximum Gasteiger partial charge on any atom is 0.235 e. The zero-order chi connectivity index (χ0) is 13.6. The molecule has 0 spiro atoms. The molecule has 0 aliphatic carbocycles. The molecule has 1 aliphatic heterocycles. The molecule has 1 saturated heterocycles. The average Bonchev–Trinajstić information content (AvgIpc) is 2.57. The van der Waals surface area contributed by atoms with Gasteiger partial charge in [-0.25, -0.2) is 0 Å². The van der Waals surface area contributed by atoms with Crippen LogP contribution in [0.1, 0.15) is 46.5 Å². The normalized spacial score (nSPS) is 20.8. The highest BCUT2D eigenvalue weighted by atomic mass is 16.2. The van der Waals surface area contributed by atoms with Crippen LogP contribution in [-0.4, -0.2) is 36.0 Å². The Bertz CT molecular complexity index is 313. The van der Waals surface area contributed by atoms with E-state index >= 15 is 0 Å². The highest BCUT2D eigenvalue weighted by Gasteiger charge is 2.30. The van der Waals surface area contributed by atoms with Gasteiger partial charge in [-0.3, -0.25) is 9.69 Å². The van der Waals surface area contributed by atoms with Crippen molar-refractivity contribution in [2.24, 2.45) is 5.92 Å². The monoisotopic (exact) mass is 251 g/mol. The van der Waals surface area contributed by atoms with Crippen LogP contribution in [0.2, 0.25) is 0 Å². The number of amides is 1. The molecule has 1 heterocycles. The number of hydrogen-bond acceptors (Lipinski definition) is 3. The van der Waals surface area contributed by atoms with Gasteiger partial charge in [-0.2, -0.15) is 5.26 Å². The van der Waals surface area contributed by atoms with E-state index in [1.54, 1.807) is 6.92 Å². The van der Waals surface area contributed by atoms with Crippen LogP contribution >= 0.6 is 0 Å². The van der Waals surface area contributed by atoms with Gasteiger partial charge in [0.2, 0.25) is 5.91 Å². The molecule has 0 radical (unpaired) electrons. The molecule has 1 amide bonds. The predicted octanol–water partition coefficient (Wildman–Crippen LogP) is 1.92. The second-order valence-corrected chi connectivity index (χ2v) is 5.71. The number of nitrogens with zero attached hydrogens (tertiary/aromatic N) is 2. The van der Waals surface area contributed by atoms with Crippen LogP contribution in [0, 0.1) is 17.2 Å². The van der Waals surface area contributed by atoms with Crippen molar-refractivity contribution in [1.82, 2.24) is 10.2 Å². The summed E-state index contributed by atoms with van der Waals surface area (Å²) >= 11 is 0. The maximum absolute atomic E-state index is 12.0. The highest BCUT2D eigenvalue weighted by Crippen LogP contribution is 2.15. The molecule has 1 atom stereocenters. The molecule has 0 aromatic heterocycles. The fourth-order valence-corrected chi connectivity index (χ4v) is 2.13. The van der Waals surface area contributed by atoms with E-state index in [1.165, 1.54) is 25.7 Å². The van der Waals surface area contributed by atoms with Crippen LogP contribution in [0.15, 0.2) is 0 Å². The van der Waals surface area contributed by atoms with Crippen LogP contribution in [0.5, 0.6) is 0 Å². The summed E-state index contributed by atoms with van der Waals surface area (Å²) in [6.07, 6.45) is 4.88. The first-order valence-electron chi connectivity index (χ1n) is 6.92. The molecule has 0 saturated carbocycles. The molecule has 102 valence electrons. The van der Waals surface area contributed by atoms with Crippen molar-refractivity contribution in [2.45, 2.75) is 52.0 Å². The van der Waals surface area contributed by atoms with Crippen molar-refractivity contribution in [3.63, 3.8) is 0 Å². The topological polar surface area (TPSA) is 56.1 Å². The molecule has 1 rings (SSSR count). The van der Waals surface area contributed by atoms with Gasteiger partial charge in [0.15, 0.2) is 0 Å². The minimum Gasteiger partial charge on any atom is -0.337 e. The first-order chi connectivity index (χ1) is 8.48. The Morgan fingerprint density at radius 2 is 1.89 bits per heavy atom. The molecule has 0 aromatic carbocycles. The SMILES string of the molecule is CC(C)[C@](C)(C#N)NC(=O)CN1CCCCCC1. The Morgan fingerprint density at radius 1 is 1.33 bits per heavy atom. The third kappa shape index (κ3) is 4.30. The van der Waals surface area contributed by atoms with Crippen LogP contribution < -0.4 is 5.32 Å². The summed E-state index contributed by atoms with van der Waals surface area (Å²) in [7, 11) is 0. The molecule has 0 unspecified atom stereocenters. The zero-order valence-corrected chi connectivity index (χ0v) is 11.8. The molecule has 0 bridgehead atoms. The second kappa shape index (κ2) is 6.75. The fourth-order valence-electron chi connectivity index (χ4n) is 2.13. The van der Waals surface area contributed by atoms with Crippen LogP contribution in [0.3, 0.4) is 0 Å². The maximum atomic E-state index is 12.0. The van der Waals surface area contributed by atoms with E-state index < -0.39 is 5.54 Å². The van der Waals surface area contributed by atoms with E-state index in [9.17, 15) is 10.1 Å². The van der Waals surface area contributed by atoms with Gasteiger partial charge in [-0.05, 0) is 38.8 Å². The summed E-state index contributed by atoms with van der Waals surface area (Å²) < 4.78 is 0. The first kappa shape index (κ1) is 15.0. The first-order valence-corrected chi connectivity index (χ1v) is 6.92. The number of nitriles is 1. The lowest BCUT2D eigenvalue weighted by atomic mass is 9.90. The van der Waals surface area contributed by atoms with Gasteiger partial charge in [-0.15, -0.1) is 0 Å². The van der Waals surface area contributed by atoms with E-state index in [4.69, 9.17) is 0 Å². The Labute approximate surface area is 110 Å². The quantitative estimate of drug-likeness (QED) is 0.830. The summed E-state index contributed by atoms with van der Waals surface area (Å²) in [5.41, 5.74) is -0.761. The van der Waals surface area contributed by atoms with Crippen molar-refractivity contribution in [1.29, 1.82) is 5.26 Å². The van der Waals surface area contributed by atoms with Gasteiger partial charge in [0, 0.05) is 0 Å². The van der Waals surface area contributed by atoms with Gasteiger partial charge in [0.05, 0.1) is 12.6 Å². The van der Waals surface area contributed by atoms with E-state index in [0.29, 0.717) is 6.54 Å². The standard InChI is InChI=1S/C14H25N3O/c1-12(2)14(3,11-15)16-13(18)10-17-8-6-4-5-7-9-17/h12H,4-10H2,1-3H3,(H,16,18)/t14-/m0/s1. The van der Waals surface area contributed by atoms with Crippen LogP contribution in [0.25, 0.3) is 0 Å². The van der Waals surface area contributed by atoms with Crippen molar-refractivity contribution >= 4 is 5.91 Å². The Kier molecular flexibility index (Phi) is 5.61. The number of likely N-dealkylation sites (tertiary alicyclic amines) is 1. The molecule has 1 aliphatic rings. The summed E-state index contributed by atoms with van der Waals surface area (Å²) in [4.78, 5) is 14.2. The number of hydrogen-bond donors (Lipinski definition) is 1. The minimum atomic E-state index is -0.761. The average molecular weight is 251 g/mol. The van der Waals surface area contributed by atoms with Crippen molar-refractivity contribution < 1.29 is 4.79 Å². The van der Waals surface area contributed by atoms with Gasteiger partial charge in [0.25, 0.3) is 0 Å². The highest BCUT2D eigenvalue weighted by molar-refractivity contribution is 5.79. The molecule has 0 aromatic rings. The van der Waals surface area contributed by atoms with Crippen molar-refractivity contribution in [2.75, 3.05) is 19.6 Å². The van der Waals surface area contributed by atoms with Gasteiger partial charge >= 0.3 is 0 Å². The van der Waals surface area contributed by atoms with E-state index in [-0.39, 0.29) is 11.8 Å². The van der Waals surface area contributed by atoms with Gasteiger partial charge in [-0.1, -0.05) is 26.7 Å². The number of carbonyl (C=O) groups is 1. The summed E-state index contributed by atoms with van der Waals surface area (Å²) in [5, 5.41) is 12.0. The second-order valence-electron chi connectivity index (χ2n) is 5.71. The fraction of sp³-hybridized carbons (Fsp3) is 0.857. The van der Waals surface area contributed by atoms with Crippen molar-refractivity contribution in [3.05, 3.63) is 0 Å². The molecule has 1 N–H and O–H groups in total. The lowest BCUT2D eigenvalue weighted by Gasteiger charge is -2.29. The molecule has 18 heavy (non-hydrogen) atoms. The Morgan fingerprint density at radius 3 is 2.33 bits per heavy atom. The molecule has 4 heteroatoms. The van der Waals surface area contributed by atoms with Crippen LogP contribution in [0.4, 0.5) is 0 Å². The Balaban J connectivity index is 2.47. The summed E-state index contributed by atoms with van der Waals surface area (Å²) in [6.45, 7) is 8.11. The van der Waals surface area contributed by atoms with Crippen LogP contribution in [-0.2, 0) is 4.79 Å². The third-order valence-electron chi connectivity index (χ3n) is 3.85. The van der Waals surface area contributed by atoms with E-state index in [2.05, 4.69) is 16.3 Å².